The fourth-order valence-electron chi connectivity index (χ4n) is 2.24. The van der Waals surface area contributed by atoms with Crippen molar-refractivity contribution in [2.24, 2.45) is 0 Å². The Morgan fingerprint density at radius 2 is 2.06 bits per heavy atom. The van der Waals surface area contributed by atoms with Crippen LogP contribution in [0.25, 0.3) is 0 Å². The van der Waals surface area contributed by atoms with Crippen molar-refractivity contribution in [2.45, 2.75) is 37.0 Å². The van der Waals surface area contributed by atoms with Gasteiger partial charge in [0.25, 0.3) is 0 Å². The molecule has 17 heavy (non-hydrogen) atoms. The Bertz CT molecular complexity index is 390. The molecule has 4 heteroatoms. The van der Waals surface area contributed by atoms with Gasteiger partial charge in [0.1, 0.15) is 11.6 Å². The SMILES string of the molecule is CC1SCCCC1(O)Cc1c(F)cccc1F. The van der Waals surface area contributed by atoms with Crippen LogP contribution < -0.4 is 0 Å². The van der Waals surface area contributed by atoms with Crippen molar-refractivity contribution >= 4 is 11.8 Å². The van der Waals surface area contributed by atoms with Crippen molar-refractivity contribution in [2.75, 3.05) is 5.75 Å². The maximum Gasteiger partial charge on any atom is 0.129 e. The van der Waals surface area contributed by atoms with Crippen molar-refractivity contribution in [3.63, 3.8) is 0 Å². The van der Waals surface area contributed by atoms with E-state index in [4.69, 9.17) is 0 Å². The van der Waals surface area contributed by atoms with Gasteiger partial charge >= 0.3 is 0 Å². The highest BCUT2D eigenvalue weighted by atomic mass is 32.2. The Hall–Kier alpha value is -0.610. The number of hydrogen-bond donors (Lipinski definition) is 1. The first kappa shape index (κ1) is 12.8. The number of thioether (sulfide) groups is 1. The van der Waals surface area contributed by atoms with E-state index < -0.39 is 17.2 Å². The zero-order valence-corrected chi connectivity index (χ0v) is 10.6. The first-order valence-electron chi connectivity index (χ1n) is 5.80. The second-order valence-corrected chi connectivity index (χ2v) is 6.05. The molecule has 94 valence electrons. The summed E-state index contributed by atoms with van der Waals surface area (Å²) in [6, 6.07) is 3.82. The Morgan fingerprint density at radius 3 is 2.65 bits per heavy atom. The summed E-state index contributed by atoms with van der Waals surface area (Å²) in [4.78, 5) is 0. The lowest BCUT2D eigenvalue weighted by Gasteiger charge is -2.37. The van der Waals surface area contributed by atoms with Gasteiger partial charge in [-0.3, -0.25) is 0 Å². The van der Waals surface area contributed by atoms with Crippen LogP contribution in [0.1, 0.15) is 25.3 Å². The van der Waals surface area contributed by atoms with Crippen LogP contribution in [0.15, 0.2) is 18.2 Å². The zero-order chi connectivity index (χ0) is 12.5. The fourth-order valence-corrected chi connectivity index (χ4v) is 3.41. The predicted molar refractivity (Wildman–Crippen MR) is 66.2 cm³/mol. The quantitative estimate of drug-likeness (QED) is 0.879. The second kappa shape index (κ2) is 4.94. The minimum absolute atomic E-state index is 0.00403. The average molecular weight is 258 g/mol. The number of hydrogen-bond acceptors (Lipinski definition) is 2. The Balaban J connectivity index is 2.25. The summed E-state index contributed by atoms with van der Waals surface area (Å²) < 4.78 is 27.1. The first-order valence-corrected chi connectivity index (χ1v) is 6.85. The van der Waals surface area contributed by atoms with Crippen molar-refractivity contribution in [3.05, 3.63) is 35.4 Å². The van der Waals surface area contributed by atoms with E-state index in [0.717, 1.165) is 12.2 Å². The molecule has 1 aromatic rings. The van der Waals surface area contributed by atoms with Crippen LogP contribution >= 0.6 is 11.8 Å². The molecule has 2 rings (SSSR count). The fraction of sp³-hybridized carbons (Fsp3) is 0.538. The lowest BCUT2D eigenvalue weighted by atomic mass is 9.86. The van der Waals surface area contributed by atoms with Gasteiger partial charge in [-0.05, 0) is 30.7 Å². The molecule has 0 aromatic heterocycles. The topological polar surface area (TPSA) is 20.2 Å². The minimum Gasteiger partial charge on any atom is -0.388 e. The summed E-state index contributed by atoms with van der Waals surface area (Å²) in [6.45, 7) is 1.92. The van der Waals surface area contributed by atoms with Gasteiger partial charge in [0.2, 0.25) is 0 Å². The van der Waals surface area contributed by atoms with Crippen LogP contribution in [-0.2, 0) is 6.42 Å². The van der Waals surface area contributed by atoms with Gasteiger partial charge in [0.15, 0.2) is 0 Å². The van der Waals surface area contributed by atoms with Crippen LogP contribution in [0.4, 0.5) is 8.78 Å². The molecule has 0 bridgehead atoms. The van der Waals surface area contributed by atoms with E-state index in [1.165, 1.54) is 18.2 Å². The van der Waals surface area contributed by atoms with E-state index in [1.54, 1.807) is 11.8 Å². The number of rotatable bonds is 2. The van der Waals surface area contributed by atoms with E-state index >= 15 is 0 Å². The average Bonchev–Trinajstić information content (AvgIpc) is 2.28. The standard InChI is InChI=1S/C13H16F2OS/c1-9-13(16,6-3-7-17-9)8-10-11(14)4-2-5-12(10)15/h2,4-5,9,16H,3,6-8H2,1H3. The minimum atomic E-state index is -0.994. The largest absolute Gasteiger partial charge is 0.388 e. The summed E-state index contributed by atoms with van der Waals surface area (Å²) >= 11 is 1.66. The molecule has 1 aliphatic heterocycles. The third kappa shape index (κ3) is 2.63. The molecule has 0 aliphatic carbocycles. The van der Waals surface area contributed by atoms with Gasteiger partial charge < -0.3 is 5.11 Å². The molecule has 0 saturated carbocycles. The highest BCUT2D eigenvalue weighted by Crippen LogP contribution is 2.37. The molecule has 1 aromatic carbocycles. The van der Waals surface area contributed by atoms with Gasteiger partial charge in [-0.25, -0.2) is 8.78 Å². The van der Waals surface area contributed by atoms with E-state index in [2.05, 4.69) is 0 Å². The molecule has 1 heterocycles. The molecular formula is C13H16F2OS. The van der Waals surface area contributed by atoms with Crippen LogP contribution in [0.2, 0.25) is 0 Å². The molecule has 2 atom stereocenters. The van der Waals surface area contributed by atoms with Gasteiger partial charge in [-0.15, -0.1) is 0 Å². The van der Waals surface area contributed by atoms with E-state index in [-0.39, 0.29) is 17.2 Å². The third-order valence-electron chi connectivity index (χ3n) is 3.42. The Morgan fingerprint density at radius 1 is 1.41 bits per heavy atom. The second-order valence-electron chi connectivity index (χ2n) is 4.60. The normalized spacial score (nSPS) is 29.3. The molecule has 1 nitrogen and oxygen atoms in total. The maximum atomic E-state index is 13.5. The predicted octanol–water partition coefficient (Wildman–Crippen LogP) is 3.15. The Kier molecular flexibility index (Phi) is 3.73. The molecule has 1 saturated heterocycles. The molecule has 2 unspecified atom stereocenters. The molecule has 0 amide bonds. The molecule has 1 fully saturated rings. The van der Waals surface area contributed by atoms with Crippen molar-refractivity contribution < 1.29 is 13.9 Å². The van der Waals surface area contributed by atoms with Crippen molar-refractivity contribution in [3.8, 4) is 0 Å². The van der Waals surface area contributed by atoms with Crippen LogP contribution in [0.5, 0.6) is 0 Å². The summed E-state index contributed by atoms with van der Waals surface area (Å²) in [5.41, 5.74) is -0.990. The maximum absolute atomic E-state index is 13.5. The lowest BCUT2D eigenvalue weighted by Crippen LogP contribution is -2.44. The summed E-state index contributed by atoms with van der Waals surface area (Å²) in [6.07, 6.45) is 1.55. The smallest absolute Gasteiger partial charge is 0.129 e. The van der Waals surface area contributed by atoms with Gasteiger partial charge in [-0.1, -0.05) is 13.0 Å². The van der Waals surface area contributed by atoms with Crippen molar-refractivity contribution in [1.29, 1.82) is 0 Å². The molecule has 1 N–H and O–H groups in total. The zero-order valence-electron chi connectivity index (χ0n) is 9.75. The van der Waals surface area contributed by atoms with Crippen LogP contribution in [-0.4, -0.2) is 21.7 Å². The lowest BCUT2D eigenvalue weighted by molar-refractivity contribution is 0.0281. The van der Waals surface area contributed by atoms with Crippen LogP contribution in [0, 0.1) is 11.6 Å². The van der Waals surface area contributed by atoms with Gasteiger partial charge in [-0.2, -0.15) is 11.8 Å². The molecular weight excluding hydrogens is 242 g/mol. The molecule has 0 radical (unpaired) electrons. The first-order chi connectivity index (χ1) is 8.03. The highest BCUT2D eigenvalue weighted by molar-refractivity contribution is 8.00. The Labute approximate surface area is 104 Å². The summed E-state index contributed by atoms with van der Waals surface area (Å²) in [5, 5.41) is 10.5. The number of aliphatic hydroxyl groups is 1. The highest BCUT2D eigenvalue weighted by Gasteiger charge is 2.37. The number of halogens is 2. The van der Waals surface area contributed by atoms with E-state index in [9.17, 15) is 13.9 Å². The van der Waals surface area contributed by atoms with E-state index in [1.807, 2.05) is 6.92 Å². The van der Waals surface area contributed by atoms with E-state index in [0.29, 0.717) is 6.42 Å². The third-order valence-corrected chi connectivity index (χ3v) is 4.89. The van der Waals surface area contributed by atoms with Crippen LogP contribution in [0.3, 0.4) is 0 Å². The summed E-state index contributed by atoms with van der Waals surface area (Å²) in [5.74, 6) is -0.133. The molecule has 0 spiro atoms. The van der Waals surface area contributed by atoms with Gasteiger partial charge in [0, 0.05) is 17.2 Å². The van der Waals surface area contributed by atoms with Gasteiger partial charge in [0.05, 0.1) is 5.60 Å². The monoisotopic (exact) mass is 258 g/mol. The summed E-state index contributed by atoms with van der Waals surface area (Å²) in [7, 11) is 0. The van der Waals surface area contributed by atoms with Crippen molar-refractivity contribution in [1.82, 2.24) is 0 Å². The number of benzene rings is 1. The molecule has 1 aliphatic rings.